The lowest BCUT2D eigenvalue weighted by molar-refractivity contribution is 0.410. The van der Waals surface area contributed by atoms with Crippen LogP contribution in [-0.4, -0.2) is 4.98 Å². The molecule has 0 spiro atoms. The monoisotopic (exact) mass is 239 g/mol. The standard InChI is InChI=1S/C17H21N/c1-13-12-18-16(14-8-6-5-7-9-14)10-15(13)11-17(2,3)4/h5-10,12H,11H2,1-4H3. The van der Waals surface area contributed by atoms with Gasteiger partial charge in [0.05, 0.1) is 5.69 Å². The van der Waals surface area contributed by atoms with Crippen molar-refractivity contribution in [3.63, 3.8) is 0 Å². The van der Waals surface area contributed by atoms with Crippen molar-refractivity contribution in [2.45, 2.75) is 34.1 Å². The quantitative estimate of drug-likeness (QED) is 0.743. The highest BCUT2D eigenvalue weighted by Crippen LogP contribution is 2.25. The predicted octanol–water partition coefficient (Wildman–Crippen LogP) is 4.65. The highest BCUT2D eigenvalue weighted by atomic mass is 14.7. The van der Waals surface area contributed by atoms with Crippen molar-refractivity contribution < 1.29 is 0 Å². The van der Waals surface area contributed by atoms with Crippen molar-refractivity contribution in [2.24, 2.45) is 5.41 Å². The fourth-order valence-corrected chi connectivity index (χ4v) is 2.09. The van der Waals surface area contributed by atoms with Crippen LogP contribution in [0, 0.1) is 12.3 Å². The van der Waals surface area contributed by atoms with Gasteiger partial charge < -0.3 is 0 Å². The number of benzene rings is 1. The Morgan fingerprint density at radius 3 is 2.33 bits per heavy atom. The highest BCUT2D eigenvalue weighted by Gasteiger charge is 2.14. The summed E-state index contributed by atoms with van der Waals surface area (Å²) in [4.78, 5) is 4.54. The lowest BCUT2D eigenvalue weighted by atomic mass is 9.86. The molecule has 2 rings (SSSR count). The van der Waals surface area contributed by atoms with Crippen LogP contribution in [0.25, 0.3) is 11.3 Å². The normalized spacial score (nSPS) is 11.6. The second-order valence-corrected chi connectivity index (χ2v) is 6.10. The fourth-order valence-electron chi connectivity index (χ4n) is 2.09. The van der Waals surface area contributed by atoms with E-state index in [-0.39, 0.29) is 0 Å². The van der Waals surface area contributed by atoms with Gasteiger partial charge >= 0.3 is 0 Å². The molecule has 18 heavy (non-hydrogen) atoms. The molecule has 1 heterocycles. The minimum atomic E-state index is 0.306. The van der Waals surface area contributed by atoms with Gasteiger partial charge in [-0.05, 0) is 36.0 Å². The van der Waals surface area contributed by atoms with Crippen LogP contribution in [0.4, 0.5) is 0 Å². The minimum Gasteiger partial charge on any atom is -0.256 e. The Labute approximate surface area is 110 Å². The van der Waals surface area contributed by atoms with Gasteiger partial charge in [-0.25, -0.2) is 0 Å². The van der Waals surface area contributed by atoms with Crippen molar-refractivity contribution in [2.75, 3.05) is 0 Å². The summed E-state index contributed by atoms with van der Waals surface area (Å²) >= 11 is 0. The van der Waals surface area contributed by atoms with Gasteiger partial charge in [-0.2, -0.15) is 0 Å². The maximum Gasteiger partial charge on any atom is 0.0704 e. The summed E-state index contributed by atoms with van der Waals surface area (Å²) in [6.45, 7) is 8.96. The summed E-state index contributed by atoms with van der Waals surface area (Å²) in [5, 5.41) is 0. The molecule has 0 saturated heterocycles. The number of rotatable bonds is 2. The van der Waals surface area contributed by atoms with Crippen LogP contribution in [0.15, 0.2) is 42.6 Å². The lowest BCUT2D eigenvalue weighted by Crippen LogP contribution is -2.10. The number of aryl methyl sites for hydroxylation is 1. The first-order valence-electron chi connectivity index (χ1n) is 6.47. The first kappa shape index (κ1) is 12.8. The summed E-state index contributed by atoms with van der Waals surface area (Å²) in [5.74, 6) is 0. The van der Waals surface area contributed by atoms with Crippen LogP contribution in [0.1, 0.15) is 31.9 Å². The van der Waals surface area contributed by atoms with Crippen LogP contribution >= 0.6 is 0 Å². The van der Waals surface area contributed by atoms with Gasteiger partial charge in [-0.15, -0.1) is 0 Å². The van der Waals surface area contributed by atoms with Crippen LogP contribution in [0.5, 0.6) is 0 Å². The Balaban J connectivity index is 2.38. The zero-order valence-corrected chi connectivity index (χ0v) is 11.7. The molecule has 1 aromatic heterocycles. The molecule has 0 bridgehead atoms. The first-order valence-corrected chi connectivity index (χ1v) is 6.47. The van der Waals surface area contributed by atoms with E-state index in [1.807, 2.05) is 12.3 Å². The van der Waals surface area contributed by atoms with Gasteiger partial charge in [0.25, 0.3) is 0 Å². The lowest BCUT2D eigenvalue weighted by Gasteiger charge is -2.20. The second kappa shape index (κ2) is 4.93. The largest absolute Gasteiger partial charge is 0.256 e. The van der Waals surface area contributed by atoms with E-state index in [4.69, 9.17) is 0 Å². The molecule has 0 aliphatic rings. The van der Waals surface area contributed by atoms with E-state index >= 15 is 0 Å². The number of aromatic nitrogens is 1. The fraction of sp³-hybridized carbons (Fsp3) is 0.353. The third-order valence-corrected chi connectivity index (χ3v) is 3.01. The topological polar surface area (TPSA) is 12.9 Å². The van der Waals surface area contributed by atoms with Gasteiger partial charge in [0.15, 0.2) is 0 Å². The van der Waals surface area contributed by atoms with Crippen molar-refractivity contribution in [1.82, 2.24) is 4.98 Å². The van der Waals surface area contributed by atoms with E-state index in [0.29, 0.717) is 5.41 Å². The number of hydrogen-bond donors (Lipinski definition) is 0. The average molecular weight is 239 g/mol. The van der Waals surface area contributed by atoms with Crippen LogP contribution < -0.4 is 0 Å². The molecule has 2 aromatic rings. The van der Waals surface area contributed by atoms with E-state index in [1.54, 1.807) is 0 Å². The number of hydrogen-bond acceptors (Lipinski definition) is 1. The summed E-state index contributed by atoms with van der Waals surface area (Å²) in [6, 6.07) is 12.6. The molecule has 94 valence electrons. The highest BCUT2D eigenvalue weighted by molar-refractivity contribution is 5.60. The Kier molecular flexibility index (Phi) is 3.51. The molecule has 0 N–H and O–H groups in total. The third-order valence-electron chi connectivity index (χ3n) is 3.01. The van der Waals surface area contributed by atoms with Gasteiger partial charge in [0, 0.05) is 11.8 Å². The van der Waals surface area contributed by atoms with Crippen molar-refractivity contribution in [3.8, 4) is 11.3 Å². The molecule has 0 radical (unpaired) electrons. The molecule has 0 amide bonds. The molecule has 0 fully saturated rings. The molecule has 0 unspecified atom stereocenters. The van der Waals surface area contributed by atoms with E-state index < -0.39 is 0 Å². The molecule has 0 atom stereocenters. The van der Waals surface area contributed by atoms with Gasteiger partial charge in [-0.3, -0.25) is 4.98 Å². The van der Waals surface area contributed by atoms with Gasteiger partial charge in [0.2, 0.25) is 0 Å². The van der Waals surface area contributed by atoms with Crippen LogP contribution in [0.3, 0.4) is 0 Å². The molecule has 1 nitrogen and oxygen atoms in total. The molecular weight excluding hydrogens is 218 g/mol. The Morgan fingerprint density at radius 1 is 1.06 bits per heavy atom. The maximum atomic E-state index is 4.54. The molecule has 0 aliphatic heterocycles. The Hall–Kier alpha value is -1.63. The van der Waals surface area contributed by atoms with Gasteiger partial charge in [-0.1, -0.05) is 51.1 Å². The summed E-state index contributed by atoms with van der Waals surface area (Å²) in [6.07, 6.45) is 3.07. The first-order chi connectivity index (χ1) is 8.46. The van der Waals surface area contributed by atoms with Crippen molar-refractivity contribution in [1.29, 1.82) is 0 Å². The predicted molar refractivity (Wildman–Crippen MR) is 77.6 cm³/mol. The molecule has 0 saturated carbocycles. The minimum absolute atomic E-state index is 0.306. The number of nitrogens with zero attached hydrogens (tertiary/aromatic N) is 1. The summed E-state index contributed by atoms with van der Waals surface area (Å²) in [5.41, 5.74) is 5.24. The molecular formula is C17H21N. The molecule has 0 aliphatic carbocycles. The zero-order chi connectivity index (χ0) is 13.2. The molecule has 1 aromatic carbocycles. The van der Waals surface area contributed by atoms with Gasteiger partial charge in [0.1, 0.15) is 0 Å². The summed E-state index contributed by atoms with van der Waals surface area (Å²) < 4.78 is 0. The molecule has 1 heteroatoms. The number of pyridine rings is 1. The van der Waals surface area contributed by atoms with Crippen LogP contribution in [0.2, 0.25) is 0 Å². The SMILES string of the molecule is Cc1cnc(-c2ccccc2)cc1CC(C)(C)C. The van der Waals surface area contributed by atoms with E-state index in [2.05, 4.69) is 63.0 Å². The summed E-state index contributed by atoms with van der Waals surface area (Å²) in [7, 11) is 0. The van der Waals surface area contributed by atoms with Crippen molar-refractivity contribution >= 4 is 0 Å². The maximum absolute atomic E-state index is 4.54. The Bertz CT molecular complexity index is 521. The smallest absolute Gasteiger partial charge is 0.0704 e. The zero-order valence-electron chi connectivity index (χ0n) is 11.7. The van der Waals surface area contributed by atoms with E-state index in [9.17, 15) is 0 Å². The van der Waals surface area contributed by atoms with E-state index in [1.165, 1.54) is 16.7 Å². The Morgan fingerprint density at radius 2 is 1.72 bits per heavy atom. The second-order valence-electron chi connectivity index (χ2n) is 6.10. The van der Waals surface area contributed by atoms with E-state index in [0.717, 1.165) is 12.1 Å². The van der Waals surface area contributed by atoms with Crippen LogP contribution in [-0.2, 0) is 6.42 Å². The van der Waals surface area contributed by atoms with Crippen molar-refractivity contribution in [3.05, 3.63) is 53.7 Å². The average Bonchev–Trinajstić information content (AvgIpc) is 2.31. The third kappa shape index (κ3) is 3.19.